The first-order valence-electron chi connectivity index (χ1n) is 5.89. The Hall–Kier alpha value is -1.91. The SMILES string of the molecule is CCN(CC)C(=O)c1c(C(C)=O)ccnc1OC. The Morgan fingerprint density at radius 3 is 2.39 bits per heavy atom. The van der Waals surface area contributed by atoms with Crippen LogP contribution in [0.5, 0.6) is 5.88 Å². The maximum Gasteiger partial charge on any atom is 0.260 e. The highest BCUT2D eigenvalue weighted by Gasteiger charge is 2.24. The van der Waals surface area contributed by atoms with Crippen molar-refractivity contribution in [3.63, 3.8) is 0 Å². The van der Waals surface area contributed by atoms with Crippen molar-refractivity contribution < 1.29 is 14.3 Å². The first kappa shape index (κ1) is 14.2. The third-order valence-corrected chi connectivity index (χ3v) is 2.75. The van der Waals surface area contributed by atoms with Crippen LogP contribution in [-0.4, -0.2) is 41.8 Å². The second-order valence-electron chi connectivity index (χ2n) is 3.78. The molecule has 1 aromatic rings. The number of ketones is 1. The van der Waals surface area contributed by atoms with Crippen LogP contribution in [0.2, 0.25) is 0 Å². The lowest BCUT2D eigenvalue weighted by molar-refractivity contribution is 0.0763. The molecule has 0 radical (unpaired) electrons. The van der Waals surface area contributed by atoms with E-state index in [0.717, 1.165) is 0 Å². The Kier molecular flexibility index (Phi) is 4.83. The summed E-state index contributed by atoms with van der Waals surface area (Å²) >= 11 is 0. The molecule has 0 aliphatic rings. The largest absolute Gasteiger partial charge is 0.480 e. The molecule has 0 aromatic carbocycles. The first-order chi connectivity index (χ1) is 8.56. The summed E-state index contributed by atoms with van der Waals surface area (Å²) < 4.78 is 5.09. The lowest BCUT2D eigenvalue weighted by atomic mass is 10.1. The molecule has 0 unspecified atom stereocenters. The van der Waals surface area contributed by atoms with Crippen LogP contribution >= 0.6 is 0 Å². The Labute approximate surface area is 107 Å². The van der Waals surface area contributed by atoms with Gasteiger partial charge in [-0.05, 0) is 26.8 Å². The number of methoxy groups -OCH3 is 1. The zero-order valence-electron chi connectivity index (χ0n) is 11.2. The van der Waals surface area contributed by atoms with E-state index < -0.39 is 0 Å². The summed E-state index contributed by atoms with van der Waals surface area (Å²) in [6.45, 7) is 6.35. The molecule has 0 bridgehead atoms. The Morgan fingerprint density at radius 2 is 1.94 bits per heavy atom. The zero-order valence-corrected chi connectivity index (χ0v) is 11.2. The summed E-state index contributed by atoms with van der Waals surface area (Å²) in [5.74, 6) is -0.207. The lowest BCUT2D eigenvalue weighted by Crippen LogP contribution is -2.32. The average Bonchev–Trinajstić information content (AvgIpc) is 2.38. The van der Waals surface area contributed by atoms with E-state index >= 15 is 0 Å². The number of rotatable bonds is 5. The molecule has 0 saturated carbocycles. The van der Waals surface area contributed by atoms with Gasteiger partial charge in [0.15, 0.2) is 5.78 Å². The van der Waals surface area contributed by atoms with E-state index in [-0.39, 0.29) is 23.1 Å². The van der Waals surface area contributed by atoms with Crippen LogP contribution < -0.4 is 4.74 Å². The molecular formula is C13H18N2O3. The van der Waals surface area contributed by atoms with Gasteiger partial charge < -0.3 is 9.64 Å². The number of nitrogens with zero attached hydrogens (tertiary/aromatic N) is 2. The molecule has 0 aliphatic heterocycles. The van der Waals surface area contributed by atoms with Gasteiger partial charge in [-0.2, -0.15) is 0 Å². The predicted octanol–water partition coefficient (Wildman–Crippen LogP) is 1.77. The lowest BCUT2D eigenvalue weighted by Gasteiger charge is -2.20. The van der Waals surface area contributed by atoms with Crippen LogP contribution in [0, 0.1) is 0 Å². The molecule has 1 aromatic heterocycles. The smallest absolute Gasteiger partial charge is 0.260 e. The van der Waals surface area contributed by atoms with Gasteiger partial charge in [-0.3, -0.25) is 9.59 Å². The molecule has 0 saturated heterocycles. The maximum atomic E-state index is 12.4. The number of Topliss-reactive ketones (excluding diaryl/α,β-unsaturated/α-hetero) is 1. The van der Waals surface area contributed by atoms with E-state index in [1.807, 2.05) is 13.8 Å². The summed E-state index contributed by atoms with van der Waals surface area (Å²) in [6.07, 6.45) is 1.47. The Bertz CT molecular complexity index is 454. The van der Waals surface area contributed by atoms with E-state index in [1.165, 1.54) is 20.2 Å². The van der Waals surface area contributed by atoms with Crippen LogP contribution in [0.4, 0.5) is 0 Å². The summed E-state index contributed by atoms with van der Waals surface area (Å²) in [4.78, 5) is 29.6. The summed E-state index contributed by atoms with van der Waals surface area (Å²) in [6, 6.07) is 1.54. The van der Waals surface area contributed by atoms with Crippen LogP contribution in [0.1, 0.15) is 41.5 Å². The molecule has 0 fully saturated rings. The van der Waals surface area contributed by atoms with E-state index in [2.05, 4.69) is 4.98 Å². The van der Waals surface area contributed by atoms with Crippen molar-refractivity contribution in [2.45, 2.75) is 20.8 Å². The van der Waals surface area contributed by atoms with Gasteiger partial charge in [-0.1, -0.05) is 0 Å². The molecule has 18 heavy (non-hydrogen) atoms. The number of hydrogen-bond acceptors (Lipinski definition) is 4. The van der Waals surface area contributed by atoms with Gasteiger partial charge in [0.25, 0.3) is 5.91 Å². The van der Waals surface area contributed by atoms with E-state index in [0.29, 0.717) is 18.7 Å². The fourth-order valence-electron chi connectivity index (χ4n) is 1.77. The molecule has 5 heteroatoms. The van der Waals surface area contributed by atoms with E-state index in [4.69, 9.17) is 4.74 Å². The zero-order chi connectivity index (χ0) is 13.7. The van der Waals surface area contributed by atoms with Crippen LogP contribution in [0.3, 0.4) is 0 Å². The third kappa shape index (κ3) is 2.67. The number of aromatic nitrogens is 1. The van der Waals surface area contributed by atoms with Gasteiger partial charge in [0.05, 0.1) is 7.11 Å². The van der Waals surface area contributed by atoms with E-state index in [1.54, 1.807) is 11.0 Å². The normalized spacial score (nSPS) is 10.0. The molecule has 0 spiro atoms. The topological polar surface area (TPSA) is 59.5 Å². The van der Waals surface area contributed by atoms with Crippen molar-refractivity contribution in [2.24, 2.45) is 0 Å². The number of carbonyl (C=O) groups is 2. The van der Waals surface area contributed by atoms with Gasteiger partial charge in [-0.25, -0.2) is 4.98 Å². The second kappa shape index (κ2) is 6.14. The van der Waals surface area contributed by atoms with Gasteiger partial charge in [0.1, 0.15) is 5.56 Å². The fraction of sp³-hybridized carbons (Fsp3) is 0.462. The van der Waals surface area contributed by atoms with Crippen molar-refractivity contribution in [3.05, 3.63) is 23.4 Å². The van der Waals surface area contributed by atoms with Crippen LogP contribution in [0.25, 0.3) is 0 Å². The quantitative estimate of drug-likeness (QED) is 0.747. The number of pyridine rings is 1. The molecule has 1 heterocycles. The van der Waals surface area contributed by atoms with Gasteiger partial charge in [0.2, 0.25) is 5.88 Å². The highest BCUT2D eigenvalue weighted by molar-refractivity contribution is 6.08. The van der Waals surface area contributed by atoms with Gasteiger partial charge in [0, 0.05) is 24.8 Å². The van der Waals surface area contributed by atoms with Crippen molar-refractivity contribution in [2.75, 3.05) is 20.2 Å². The minimum Gasteiger partial charge on any atom is -0.480 e. The third-order valence-electron chi connectivity index (χ3n) is 2.75. The molecule has 98 valence electrons. The van der Waals surface area contributed by atoms with Gasteiger partial charge >= 0.3 is 0 Å². The molecule has 0 aliphatic carbocycles. The van der Waals surface area contributed by atoms with Gasteiger partial charge in [-0.15, -0.1) is 0 Å². The molecule has 1 rings (SSSR count). The molecule has 5 nitrogen and oxygen atoms in total. The molecule has 0 atom stereocenters. The fourth-order valence-corrected chi connectivity index (χ4v) is 1.77. The second-order valence-corrected chi connectivity index (χ2v) is 3.78. The highest BCUT2D eigenvalue weighted by Crippen LogP contribution is 2.21. The van der Waals surface area contributed by atoms with Crippen molar-refractivity contribution in [1.82, 2.24) is 9.88 Å². The highest BCUT2D eigenvalue weighted by atomic mass is 16.5. The minimum atomic E-state index is -0.227. The number of amides is 1. The number of hydrogen-bond donors (Lipinski definition) is 0. The molecular weight excluding hydrogens is 232 g/mol. The van der Waals surface area contributed by atoms with Crippen molar-refractivity contribution >= 4 is 11.7 Å². The van der Waals surface area contributed by atoms with Crippen LogP contribution in [0.15, 0.2) is 12.3 Å². The van der Waals surface area contributed by atoms with E-state index in [9.17, 15) is 9.59 Å². The number of ether oxygens (including phenoxy) is 1. The molecule has 0 N–H and O–H groups in total. The molecule has 1 amide bonds. The number of carbonyl (C=O) groups excluding carboxylic acids is 2. The van der Waals surface area contributed by atoms with Crippen LogP contribution in [-0.2, 0) is 0 Å². The first-order valence-corrected chi connectivity index (χ1v) is 5.89. The summed E-state index contributed by atoms with van der Waals surface area (Å²) in [7, 11) is 1.44. The van der Waals surface area contributed by atoms with Crippen molar-refractivity contribution in [3.8, 4) is 5.88 Å². The average molecular weight is 250 g/mol. The summed E-state index contributed by atoms with van der Waals surface area (Å²) in [5, 5.41) is 0. The van der Waals surface area contributed by atoms with Crippen molar-refractivity contribution in [1.29, 1.82) is 0 Å². The predicted molar refractivity (Wildman–Crippen MR) is 68.0 cm³/mol. The standard InChI is InChI=1S/C13H18N2O3/c1-5-15(6-2)13(17)11-10(9(3)16)7-8-14-12(11)18-4/h7-8H,5-6H2,1-4H3. The summed E-state index contributed by atoms with van der Waals surface area (Å²) in [5.41, 5.74) is 0.593. The Morgan fingerprint density at radius 1 is 1.33 bits per heavy atom. The maximum absolute atomic E-state index is 12.4. The Balaban J connectivity index is 3.35. The monoisotopic (exact) mass is 250 g/mol. The minimum absolute atomic E-state index is 0.175.